The van der Waals surface area contributed by atoms with E-state index >= 15 is 0 Å². The summed E-state index contributed by atoms with van der Waals surface area (Å²) in [6.45, 7) is 1.44. The van der Waals surface area contributed by atoms with Crippen LogP contribution in [-0.4, -0.2) is 30.0 Å². The summed E-state index contributed by atoms with van der Waals surface area (Å²) in [6, 6.07) is 20.7. The van der Waals surface area contributed by atoms with E-state index in [1.54, 1.807) is 19.2 Å². The lowest BCUT2D eigenvalue weighted by atomic mass is 10.0. The van der Waals surface area contributed by atoms with E-state index in [0.29, 0.717) is 11.4 Å². The van der Waals surface area contributed by atoms with Gasteiger partial charge in [0.25, 0.3) is 11.6 Å². The van der Waals surface area contributed by atoms with Crippen molar-refractivity contribution in [1.82, 2.24) is 0 Å². The van der Waals surface area contributed by atoms with Gasteiger partial charge >= 0.3 is 5.97 Å². The van der Waals surface area contributed by atoms with Crippen LogP contribution in [0.15, 0.2) is 72.8 Å². The number of para-hydroxylation sites is 1. The number of benzene rings is 3. The van der Waals surface area contributed by atoms with E-state index < -0.39 is 22.9 Å². The third-order valence-corrected chi connectivity index (χ3v) is 4.63. The van der Waals surface area contributed by atoms with Crippen LogP contribution in [0.1, 0.15) is 17.3 Å². The number of rotatable bonds is 7. The Morgan fingerprint density at radius 2 is 1.65 bits per heavy atom. The summed E-state index contributed by atoms with van der Waals surface area (Å²) >= 11 is 0. The summed E-state index contributed by atoms with van der Waals surface area (Å²) < 4.78 is 5.28. The van der Waals surface area contributed by atoms with Gasteiger partial charge in [-0.05, 0) is 24.6 Å². The quantitative estimate of drug-likeness (QED) is 0.332. The molecule has 8 nitrogen and oxygen atoms in total. The maximum Gasteiger partial charge on any atom is 0.341 e. The van der Waals surface area contributed by atoms with E-state index in [0.717, 1.165) is 17.2 Å². The molecule has 0 fully saturated rings. The third-order valence-electron chi connectivity index (χ3n) is 4.63. The molecule has 0 aliphatic heterocycles. The lowest BCUT2D eigenvalue weighted by molar-refractivity contribution is -0.384. The Labute approximate surface area is 179 Å². The highest BCUT2D eigenvalue weighted by molar-refractivity contribution is 6.01. The number of hydrogen-bond acceptors (Lipinski definition) is 6. The lowest BCUT2D eigenvalue weighted by Gasteiger charge is -2.16. The zero-order valence-corrected chi connectivity index (χ0v) is 17.0. The first kappa shape index (κ1) is 21.5. The van der Waals surface area contributed by atoms with Gasteiger partial charge in [-0.25, -0.2) is 4.79 Å². The summed E-state index contributed by atoms with van der Waals surface area (Å²) in [5, 5.41) is 16.6. The molecule has 8 heteroatoms. The van der Waals surface area contributed by atoms with E-state index in [9.17, 15) is 19.7 Å². The topological polar surface area (TPSA) is 111 Å². The van der Waals surface area contributed by atoms with Crippen molar-refractivity contribution in [2.24, 2.45) is 0 Å². The Hall–Kier alpha value is -4.20. The molecule has 0 saturated carbocycles. The summed E-state index contributed by atoms with van der Waals surface area (Å²) in [4.78, 5) is 35.7. The third kappa shape index (κ3) is 5.05. The first-order valence-electron chi connectivity index (χ1n) is 9.53. The van der Waals surface area contributed by atoms with Crippen molar-refractivity contribution in [2.75, 3.05) is 17.7 Å². The number of esters is 1. The van der Waals surface area contributed by atoms with E-state index in [-0.39, 0.29) is 11.3 Å². The summed E-state index contributed by atoms with van der Waals surface area (Å²) in [7, 11) is 1.58. The highest BCUT2D eigenvalue weighted by Crippen LogP contribution is 2.28. The number of carbonyl (C=O) groups excluding carboxylic acids is 2. The van der Waals surface area contributed by atoms with Gasteiger partial charge < -0.3 is 15.4 Å². The minimum atomic E-state index is -1.12. The Morgan fingerprint density at radius 3 is 2.32 bits per heavy atom. The monoisotopic (exact) mass is 419 g/mol. The average Bonchev–Trinajstić information content (AvgIpc) is 2.79. The smallest absolute Gasteiger partial charge is 0.341 e. The van der Waals surface area contributed by atoms with E-state index in [4.69, 9.17) is 4.74 Å². The zero-order valence-electron chi connectivity index (χ0n) is 17.0. The van der Waals surface area contributed by atoms with Crippen molar-refractivity contribution in [2.45, 2.75) is 13.0 Å². The van der Waals surface area contributed by atoms with Crippen LogP contribution in [0.25, 0.3) is 11.1 Å². The van der Waals surface area contributed by atoms with Crippen LogP contribution in [0, 0.1) is 10.1 Å². The number of ether oxygens (including phenoxy) is 1. The lowest BCUT2D eigenvalue weighted by Crippen LogP contribution is -2.30. The Balaban J connectivity index is 1.76. The van der Waals surface area contributed by atoms with Crippen LogP contribution in [0.3, 0.4) is 0 Å². The molecule has 1 atom stereocenters. The van der Waals surface area contributed by atoms with Gasteiger partial charge in [-0.3, -0.25) is 14.9 Å². The molecule has 3 aromatic carbocycles. The zero-order chi connectivity index (χ0) is 22.4. The second-order valence-corrected chi connectivity index (χ2v) is 6.69. The molecular weight excluding hydrogens is 398 g/mol. The molecule has 1 amide bonds. The average molecular weight is 419 g/mol. The molecule has 2 N–H and O–H groups in total. The Morgan fingerprint density at radius 1 is 0.968 bits per heavy atom. The fourth-order valence-electron chi connectivity index (χ4n) is 3.01. The van der Waals surface area contributed by atoms with Crippen LogP contribution >= 0.6 is 0 Å². The first-order valence-corrected chi connectivity index (χ1v) is 9.53. The Kier molecular flexibility index (Phi) is 6.61. The molecule has 0 bridgehead atoms. The maximum absolute atomic E-state index is 12.7. The van der Waals surface area contributed by atoms with E-state index in [1.165, 1.54) is 19.1 Å². The van der Waals surface area contributed by atoms with Gasteiger partial charge in [-0.15, -0.1) is 0 Å². The standard InChI is InChI=1S/C23H21N3O5/c1-15(31-23(28)19-14-17(26(29)30)12-13-20(19)24-2)22(27)25-21-11-7-6-10-18(21)16-8-4-3-5-9-16/h3-15,24H,1-2H3,(H,25,27)/t15-/m0/s1. The fourth-order valence-corrected chi connectivity index (χ4v) is 3.01. The highest BCUT2D eigenvalue weighted by atomic mass is 16.6. The van der Waals surface area contributed by atoms with Crippen LogP contribution in [0.5, 0.6) is 0 Å². The fraction of sp³-hybridized carbons (Fsp3) is 0.130. The van der Waals surface area contributed by atoms with Crippen LogP contribution in [0.4, 0.5) is 17.1 Å². The molecule has 0 aromatic heterocycles. The van der Waals surface area contributed by atoms with E-state index in [1.807, 2.05) is 42.5 Å². The van der Waals surface area contributed by atoms with Crippen molar-refractivity contribution < 1.29 is 19.2 Å². The van der Waals surface area contributed by atoms with Gasteiger partial charge in [0.15, 0.2) is 6.10 Å². The molecule has 0 heterocycles. The molecular formula is C23H21N3O5. The molecule has 0 spiro atoms. The molecule has 3 aromatic rings. The van der Waals surface area contributed by atoms with Gasteiger partial charge in [-0.2, -0.15) is 0 Å². The molecule has 0 unspecified atom stereocenters. The van der Waals surface area contributed by atoms with Crippen molar-refractivity contribution in [3.8, 4) is 11.1 Å². The molecule has 3 rings (SSSR count). The van der Waals surface area contributed by atoms with Gasteiger partial charge in [0, 0.05) is 36.1 Å². The minimum absolute atomic E-state index is 0.0268. The van der Waals surface area contributed by atoms with Crippen molar-refractivity contribution in [3.63, 3.8) is 0 Å². The van der Waals surface area contributed by atoms with Crippen LogP contribution in [-0.2, 0) is 9.53 Å². The SMILES string of the molecule is CNc1ccc([N+](=O)[O-])cc1C(=O)O[C@@H](C)C(=O)Nc1ccccc1-c1ccccc1. The number of nitrogens with one attached hydrogen (secondary N) is 2. The number of nitro benzene ring substituents is 1. The molecule has 0 aliphatic rings. The molecule has 0 radical (unpaired) electrons. The normalized spacial score (nSPS) is 11.3. The first-order chi connectivity index (χ1) is 14.9. The van der Waals surface area contributed by atoms with Crippen molar-refractivity contribution in [3.05, 3.63) is 88.5 Å². The number of nitrogens with zero attached hydrogens (tertiary/aromatic N) is 1. The van der Waals surface area contributed by atoms with Gasteiger partial charge in [0.1, 0.15) is 0 Å². The maximum atomic E-state index is 12.7. The Bertz CT molecular complexity index is 1120. The second kappa shape index (κ2) is 9.53. The summed E-state index contributed by atoms with van der Waals surface area (Å²) in [5.41, 5.74) is 2.41. The number of amides is 1. The molecule has 158 valence electrons. The van der Waals surface area contributed by atoms with Crippen molar-refractivity contribution in [1.29, 1.82) is 0 Å². The summed E-state index contributed by atoms with van der Waals surface area (Å²) in [6.07, 6.45) is -1.12. The van der Waals surface area contributed by atoms with E-state index in [2.05, 4.69) is 10.6 Å². The predicted molar refractivity (Wildman–Crippen MR) is 118 cm³/mol. The van der Waals surface area contributed by atoms with Gasteiger partial charge in [0.2, 0.25) is 0 Å². The predicted octanol–water partition coefficient (Wildman–Crippen LogP) is 4.49. The minimum Gasteiger partial charge on any atom is -0.449 e. The van der Waals surface area contributed by atoms with Crippen LogP contribution in [0.2, 0.25) is 0 Å². The number of anilines is 2. The molecule has 0 aliphatic carbocycles. The van der Waals surface area contributed by atoms with Crippen LogP contribution < -0.4 is 10.6 Å². The van der Waals surface area contributed by atoms with Gasteiger partial charge in [-0.1, -0.05) is 48.5 Å². The second-order valence-electron chi connectivity index (χ2n) is 6.69. The highest BCUT2D eigenvalue weighted by Gasteiger charge is 2.23. The number of non-ortho nitro benzene ring substituents is 1. The number of nitro groups is 1. The molecule has 31 heavy (non-hydrogen) atoms. The number of hydrogen-bond donors (Lipinski definition) is 2. The number of carbonyl (C=O) groups is 2. The summed E-state index contributed by atoms with van der Waals surface area (Å²) in [5.74, 6) is -1.36. The van der Waals surface area contributed by atoms with Gasteiger partial charge in [0.05, 0.1) is 10.5 Å². The largest absolute Gasteiger partial charge is 0.449 e. The van der Waals surface area contributed by atoms with Crippen molar-refractivity contribution >= 4 is 28.9 Å². The molecule has 0 saturated heterocycles.